The van der Waals surface area contributed by atoms with E-state index in [4.69, 9.17) is 11.0 Å². The standard InChI is InChI=1S/C13H16FN3O/c1-8(6-15)7-17(3)13(18)11-5-10(16)4-9(2)12(11)14/h4-5,8H,7,16H2,1-3H3. The molecule has 0 bridgehead atoms. The summed E-state index contributed by atoms with van der Waals surface area (Å²) in [5.74, 6) is -1.33. The molecule has 1 aromatic rings. The fraction of sp³-hybridized carbons (Fsp3) is 0.385. The van der Waals surface area contributed by atoms with E-state index in [1.54, 1.807) is 13.8 Å². The lowest BCUT2D eigenvalue weighted by Gasteiger charge is -2.19. The van der Waals surface area contributed by atoms with Crippen molar-refractivity contribution in [3.05, 3.63) is 29.1 Å². The minimum Gasteiger partial charge on any atom is -0.399 e. The minimum atomic E-state index is -0.564. The molecule has 0 spiro atoms. The Labute approximate surface area is 106 Å². The lowest BCUT2D eigenvalue weighted by Crippen LogP contribution is -2.31. The van der Waals surface area contributed by atoms with Crippen LogP contribution in [0.3, 0.4) is 0 Å². The van der Waals surface area contributed by atoms with Crippen molar-refractivity contribution in [2.45, 2.75) is 13.8 Å². The molecule has 2 N–H and O–H groups in total. The summed E-state index contributed by atoms with van der Waals surface area (Å²) < 4.78 is 13.8. The number of aryl methyl sites for hydroxylation is 1. The first-order valence-corrected chi connectivity index (χ1v) is 5.57. The Balaban J connectivity index is 3.01. The Morgan fingerprint density at radius 1 is 1.61 bits per heavy atom. The minimum absolute atomic E-state index is 0.0554. The van der Waals surface area contributed by atoms with E-state index in [1.807, 2.05) is 6.07 Å². The highest BCUT2D eigenvalue weighted by molar-refractivity contribution is 5.95. The van der Waals surface area contributed by atoms with Crippen molar-refractivity contribution in [3.8, 4) is 6.07 Å². The maximum Gasteiger partial charge on any atom is 0.256 e. The summed E-state index contributed by atoms with van der Waals surface area (Å²) in [4.78, 5) is 13.4. The van der Waals surface area contributed by atoms with Crippen molar-refractivity contribution in [1.29, 1.82) is 5.26 Å². The number of carbonyl (C=O) groups is 1. The van der Waals surface area contributed by atoms with Crippen LogP contribution in [0, 0.1) is 30.0 Å². The molecule has 1 rings (SSSR count). The molecule has 18 heavy (non-hydrogen) atoms. The van der Waals surface area contributed by atoms with E-state index in [0.717, 1.165) is 0 Å². The molecule has 0 aromatic heterocycles. The third-order valence-corrected chi connectivity index (χ3v) is 2.62. The maximum atomic E-state index is 13.8. The summed E-state index contributed by atoms with van der Waals surface area (Å²) in [5, 5.41) is 8.70. The highest BCUT2D eigenvalue weighted by atomic mass is 19.1. The van der Waals surface area contributed by atoms with Gasteiger partial charge in [-0.25, -0.2) is 4.39 Å². The van der Waals surface area contributed by atoms with Gasteiger partial charge < -0.3 is 10.6 Å². The molecule has 0 fully saturated rings. The predicted molar refractivity (Wildman–Crippen MR) is 67.3 cm³/mol. The van der Waals surface area contributed by atoms with Crippen LogP contribution in [0.15, 0.2) is 12.1 Å². The molecule has 1 amide bonds. The van der Waals surface area contributed by atoms with Crippen LogP contribution in [-0.4, -0.2) is 24.4 Å². The molecule has 0 saturated carbocycles. The summed E-state index contributed by atoms with van der Waals surface area (Å²) >= 11 is 0. The van der Waals surface area contributed by atoms with Crippen LogP contribution >= 0.6 is 0 Å². The molecule has 0 radical (unpaired) electrons. The number of hydrogen-bond acceptors (Lipinski definition) is 3. The molecule has 96 valence electrons. The van der Waals surface area contributed by atoms with Gasteiger partial charge in [-0.3, -0.25) is 4.79 Å². The predicted octanol–water partition coefficient (Wildman–Crippen LogP) is 1.95. The molecule has 4 nitrogen and oxygen atoms in total. The molecule has 1 unspecified atom stereocenters. The normalized spacial score (nSPS) is 11.7. The van der Waals surface area contributed by atoms with Crippen LogP contribution < -0.4 is 5.73 Å². The van der Waals surface area contributed by atoms with Gasteiger partial charge in [0.2, 0.25) is 0 Å². The number of anilines is 1. The van der Waals surface area contributed by atoms with Crippen LogP contribution in [0.4, 0.5) is 10.1 Å². The summed E-state index contributed by atoms with van der Waals surface area (Å²) in [6.45, 7) is 3.51. The number of hydrogen-bond donors (Lipinski definition) is 1. The Kier molecular flexibility index (Phi) is 4.27. The van der Waals surface area contributed by atoms with Crippen LogP contribution in [0.5, 0.6) is 0 Å². The van der Waals surface area contributed by atoms with Crippen molar-refractivity contribution in [2.75, 3.05) is 19.3 Å². The van der Waals surface area contributed by atoms with E-state index in [2.05, 4.69) is 0 Å². The molecule has 1 atom stereocenters. The van der Waals surface area contributed by atoms with E-state index in [9.17, 15) is 9.18 Å². The van der Waals surface area contributed by atoms with E-state index in [1.165, 1.54) is 24.1 Å². The molecule has 0 aliphatic heterocycles. The van der Waals surface area contributed by atoms with Crippen molar-refractivity contribution in [3.63, 3.8) is 0 Å². The van der Waals surface area contributed by atoms with E-state index in [0.29, 0.717) is 11.3 Å². The monoisotopic (exact) mass is 249 g/mol. The van der Waals surface area contributed by atoms with Gasteiger partial charge in [-0.05, 0) is 31.5 Å². The van der Waals surface area contributed by atoms with Crippen molar-refractivity contribution >= 4 is 11.6 Å². The largest absolute Gasteiger partial charge is 0.399 e. The fourth-order valence-corrected chi connectivity index (χ4v) is 1.69. The van der Waals surface area contributed by atoms with Gasteiger partial charge in [0.15, 0.2) is 0 Å². The molecule has 0 aliphatic carbocycles. The molecule has 0 aliphatic rings. The Morgan fingerprint density at radius 2 is 2.22 bits per heavy atom. The summed E-state index contributed by atoms with van der Waals surface area (Å²) in [5.41, 5.74) is 6.23. The third-order valence-electron chi connectivity index (χ3n) is 2.62. The van der Waals surface area contributed by atoms with E-state index < -0.39 is 11.7 Å². The second kappa shape index (κ2) is 5.50. The van der Waals surface area contributed by atoms with Crippen LogP contribution in [0.25, 0.3) is 0 Å². The van der Waals surface area contributed by atoms with Gasteiger partial charge in [-0.2, -0.15) is 5.26 Å². The molecule has 0 saturated heterocycles. The summed E-state index contributed by atoms with van der Waals surface area (Å²) in [6, 6.07) is 4.82. The fourth-order valence-electron chi connectivity index (χ4n) is 1.69. The number of carbonyl (C=O) groups excluding carboxylic acids is 1. The topological polar surface area (TPSA) is 70.1 Å². The zero-order valence-electron chi connectivity index (χ0n) is 10.7. The zero-order chi connectivity index (χ0) is 13.9. The van der Waals surface area contributed by atoms with Gasteiger partial charge in [-0.15, -0.1) is 0 Å². The quantitative estimate of drug-likeness (QED) is 0.832. The van der Waals surface area contributed by atoms with Gasteiger partial charge in [-0.1, -0.05) is 0 Å². The van der Waals surface area contributed by atoms with Crippen LogP contribution in [0.2, 0.25) is 0 Å². The second-order valence-corrected chi connectivity index (χ2v) is 4.42. The summed E-state index contributed by atoms with van der Waals surface area (Å²) in [7, 11) is 1.54. The van der Waals surface area contributed by atoms with E-state index >= 15 is 0 Å². The number of nitrogens with zero attached hydrogens (tertiary/aromatic N) is 2. The van der Waals surface area contributed by atoms with Crippen LogP contribution in [0.1, 0.15) is 22.8 Å². The number of nitriles is 1. The second-order valence-electron chi connectivity index (χ2n) is 4.42. The highest BCUT2D eigenvalue weighted by Gasteiger charge is 2.19. The van der Waals surface area contributed by atoms with Gasteiger partial charge in [0.1, 0.15) is 5.82 Å². The molecule has 0 heterocycles. The number of rotatable bonds is 3. The van der Waals surface area contributed by atoms with Gasteiger partial charge in [0.05, 0.1) is 17.6 Å². The molecule has 1 aromatic carbocycles. The number of halogens is 1. The lowest BCUT2D eigenvalue weighted by molar-refractivity contribution is 0.0780. The third kappa shape index (κ3) is 2.98. The SMILES string of the molecule is Cc1cc(N)cc(C(=O)N(C)CC(C)C#N)c1F. The van der Waals surface area contributed by atoms with Crippen molar-refractivity contribution in [1.82, 2.24) is 4.90 Å². The molecule has 5 heteroatoms. The van der Waals surface area contributed by atoms with Gasteiger partial charge in [0, 0.05) is 19.3 Å². The number of nitrogens with two attached hydrogens (primary N) is 1. The Morgan fingerprint density at radius 3 is 2.78 bits per heavy atom. The van der Waals surface area contributed by atoms with E-state index in [-0.39, 0.29) is 18.0 Å². The molecular weight excluding hydrogens is 233 g/mol. The lowest BCUT2D eigenvalue weighted by atomic mass is 10.1. The van der Waals surface area contributed by atoms with Crippen molar-refractivity contribution in [2.24, 2.45) is 5.92 Å². The zero-order valence-corrected chi connectivity index (χ0v) is 10.7. The number of nitrogen functional groups attached to an aromatic ring is 1. The van der Waals surface area contributed by atoms with Gasteiger partial charge >= 0.3 is 0 Å². The van der Waals surface area contributed by atoms with Gasteiger partial charge in [0.25, 0.3) is 5.91 Å². The first-order valence-electron chi connectivity index (χ1n) is 5.57. The first-order chi connectivity index (χ1) is 8.36. The first kappa shape index (κ1) is 14.0. The maximum absolute atomic E-state index is 13.8. The Bertz CT molecular complexity index is 508. The highest BCUT2D eigenvalue weighted by Crippen LogP contribution is 2.18. The number of benzene rings is 1. The average Bonchev–Trinajstić information content (AvgIpc) is 2.32. The smallest absolute Gasteiger partial charge is 0.256 e. The van der Waals surface area contributed by atoms with Crippen molar-refractivity contribution < 1.29 is 9.18 Å². The Hall–Kier alpha value is -2.09. The number of amides is 1. The molecular formula is C13H16FN3O. The van der Waals surface area contributed by atoms with Crippen LogP contribution in [-0.2, 0) is 0 Å². The average molecular weight is 249 g/mol. The summed E-state index contributed by atoms with van der Waals surface area (Å²) in [6.07, 6.45) is 0.